The first kappa shape index (κ1) is 13.0. The predicted molar refractivity (Wildman–Crippen MR) is 61.1 cm³/mol. The molecular weight excluding hydrogens is 158 g/mol. The number of rotatable bonds is 2. The summed E-state index contributed by atoms with van der Waals surface area (Å²) in [4.78, 5) is 2.55. The zero-order valence-corrected chi connectivity index (χ0v) is 10.2. The van der Waals surface area contributed by atoms with Gasteiger partial charge in [-0.2, -0.15) is 0 Å². The van der Waals surface area contributed by atoms with Gasteiger partial charge in [0, 0.05) is 0 Å². The van der Waals surface area contributed by atoms with Crippen molar-refractivity contribution in [3.8, 4) is 0 Å². The Morgan fingerprint density at radius 1 is 1.08 bits per heavy atom. The lowest BCUT2D eigenvalue weighted by molar-refractivity contribution is 0.119. The second kappa shape index (κ2) is 6.42. The molecule has 1 nitrogen and oxygen atoms in total. The molecule has 0 atom stereocenters. The molecule has 0 N–H and O–H groups in total. The van der Waals surface area contributed by atoms with Crippen LogP contribution in [-0.4, -0.2) is 24.5 Å². The van der Waals surface area contributed by atoms with Crippen molar-refractivity contribution in [2.24, 2.45) is 5.41 Å². The van der Waals surface area contributed by atoms with E-state index in [-0.39, 0.29) is 0 Å². The third-order valence-electron chi connectivity index (χ3n) is 3.36. The predicted octanol–water partition coefficient (Wildman–Crippen LogP) is 3.54. The summed E-state index contributed by atoms with van der Waals surface area (Å²) < 4.78 is 0. The number of hydrogen-bond donors (Lipinski definition) is 0. The summed E-state index contributed by atoms with van der Waals surface area (Å²) >= 11 is 0. The van der Waals surface area contributed by atoms with E-state index < -0.39 is 0 Å². The summed E-state index contributed by atoms with van der Waals surface area (Å²) in [6.45, 7) is 14.9. The van der Waals surface area contributed by atoms with Crippen LogP contribution in [0.15, 0.2) is 0 Å². The third kappa shape index (κ3) is 4.12. The highest BCUT2D eigenvalue weighted by molar-refractivity contribution is 4.80. The van der Waals surface area contributed by atoms with Crippen molar-refractivity contribution in [1.82, 2.24) is 4.90 Å². The van der Waals surface area contributed by atoms with Crippen LogP contribution >= 0.6 is 0 Å². The van der Waals surface area contributed by atoms with E-state index in [4.69, 9.17) is 0 Å². The highest BCUT2D eigenvalue weighted by atomic mass is 15.1. The van der Waals surface area contributed by atoms with Gasteiger partial charge < -0.3 is 4.90 Å². The molecule has 1 saturated heterocycles. The Kier molecular flexibility index (Phi) is 6.40. The van der Waals surface area contributed by atoms with E-state index in [1.165, 1.54) is 38.9 Å². The van der Waals surface area contributed by atoms with Gasteiger partial charge in [0.1, 0.15) is 0 Å². The standard InChI is InChI=1S/C10H21N.C2H6/c1-4-10(3)6-8-11(5-2)9-7-10;1-2/h4-9H2,1-3H3;1-2H3. The van der Waals surface area contributed by atoms with Gasteiger partial charge in [0.2, 0.25) is 0 Å². The van der Waals surface area contributed by atoms with E-state index in [2.05, 4.69) is 25.7 Å². The lowest BCUT2D eigenvalue weighted by Crippen LogP contribution is -2.38. The molecule has 80 valence electrons. The first-order chi connectivity index (χ1) is 6.20. The Morgan fingerprint density at radius 3 is 1.85 bits per heavy atom. The molecule has 0 aromatic rings. The lowest BCUT2D eigenvalue weighted by atomic mass is 9.78. The monoisotopic (exact) mass is 185 g/mol. The Morgan fingerprint density at radius 2 is 1.54 bits per heavy atom. The average molecular weight is 185 g/mol. The largest absolute Gasteiger partial charge is 0.304 e. The first-order valence-corrected chi connectivity index (χ1v) is 5.92. The molecule has 1 heteroatoms. The molecule has 1 rings (SSSR count). The van der Waals surface area contributed by atoms with Crippen LogP contribution in [0.4, 0.5) is 0 Å². The van der Waals surface area contributed by atoms with Gasteiger partial charge in [-0.1, -0.05) is 41.0 Å². The van der Waals surface area contributed by atoms with Gasteiger partial charge in [-0.3, -0.25) is 0 Å². The van der Waals surface area contributed by atoms with Crippen molar-refractivity contribution in [3.63, 3.8) is 0 Å². The van der Waals surface area contributed by atoms with E-state index in [1.54, 1.807) is 0 Å². The van der Waals surface area contributed by atoms with Gasteiger partial charge in [0.25, 0.3) is 0 Å². The Bertz CT molecular complexity index is 112. The van der Waals surface area contributed by atoms with Crippen LogP contribution in [0.5, 0.6) is 0 Å². The second-order valence-corrected chi connectivity index (χ2v) is 4.10. The van der Waals surface area contributed by atoms with Crippen LogP contribution in [-0.2, 0) is 0 Å². The van der Waals surface area contributed by atoms with Crippen molar-refractivity contribution < 1.29 is 0 Å². The maximum atomic E-state index is 2.55. The summed E-state index contributed by atoms with van der Waals surface area (Å²) in [6.07, 6.45) is 4.15. The maximum Gasteiger partial charge on any atom is -0.00137 e. The smallest absolute Gasteiger partial charge is 0.00137 e. The molecule has 1 fully saturated rings. The second-order valence-electron chi connectivity index (χ2n) is 4.10. The van der Waals surface area contributed by atoms with Crippen LogP contribution in [0.25, 0.3) is 0 Å². The van der Waals surface area contributed by atoms with E-state index in [1.807, 2.05) is 13.8 Å². The number of hydrogen-bond acceptors (Lipinski definition) is 1. The Balaban J connectivity index is 0.000000671. The molecule has 1 aliphatic heterocycles. The van der Waals surface area contributed by atoms with Crippen LogP contribution < -0.4 is 0 Å². The molecule has 0 amide bonds. The van der Waals surface area contributed by atoms with Crippen LogP contribution in [0.1, 0.15) is 53.9 Å². The number of nitrogens with zero attached hydrogens (tertiary/aromatic N) is 1. The molecule has 0 bridgehead atoms. The number of likely N-dealkylation sites (tertiary alicyclic amines) is 1. The minimum absolute atomic E-state index is 0.658. The fourth-order valence-electron chi connectivity index (χ4n) is 1.76. The zero-order valence-electron chi connectivity index (χ0n) is 10.2. The maximum absolute atomic E-state index is 2.55. The minimum Gasteiger partial charge on any atom is -0.304 e. The molecule has 1 aliphatic rings. The molecular formula is C12H27N. The van der Waals surface area contributed by atoms with Gasteiger partial charge in [-0.25, -0.2) is 0 Å². The number of piperidine rings is 1. The normalized spacial score (nSPS) is 21.9. The van der Waals surface area contributed by atoms with Gasteiger partial charge >= 0.3 is 0 Å². The van der Waals surface area contributed by atoms with Crippen molar-refractivity contribution in [1.29, 1.82) is 0 Å². The SMILES string of the molecule is CC.CCN1CCC(C)(CC)CC1. The summed E-state index contributed by atoms with van der Waals surface area (Å²) in [7, 11) is 0. The van der Waals surface area contributed by atoms with E-state index in [9.17, 15) is 0 Å². The van der Waals surface area contributed by atoms with Crippen LogP contribution in [0, 0.1) is 5.41 Å². The molecule has 0 saturated carbocycles. The Hall–Kier alpha value is -0.0400. The molecule has 0 spiro atoms. The topological polar surface area (TPSA) is 3.24 Å². The average Bonchev–Trinajstić information content (AvgIpc) is 2.22. The van der Waals surface area contributed by atoms with Gasteiger partial charge in [-0.05, 0) is 37.9 Å². The van der Waals surface area contributed by atoms with Gasteiger partial charge in [-0.15, -0.1) is 0 Å². The molecule has 0 radical (unpaired) electrons. The molecule has 0 aliphatic carbocycles. The first-order valence-electron chi connectivity index (χ1n) is 5.92. The molecule has 0 unspecified atom stereocenters. The summed E-state index contributed by atoms with van der Waals surface area (Å²) in [5.41, 5.74) is 0.658. The van der Waals surface area contributed by atoms with Crippen molar-refractivity contribution in [2.75, 3.05) is 19.6 Å². The fourth-order valence-corrected chi connectivity index (χ4v) is 1.76. The zero-order chi connectivity index (χ0) is 10.3. The summed E-state index contributed by atoms with van der Waals surface area (Å²) in [5.74, 6) is 0. The van der Waals surface area contributed by atoms with Crippen molar-refractivity contribution >= 4 is 0 Å². The Labute approximate surface area is 84.5 Å². The van der Waals surface area contributed by atoms with Crippen molar-refractivity contribution in [2.45, 2.75) is 53.9 Å². The van der Waals surface area contributed by atoms with Gasteiger partial charge in [0.15, 0.2) is 0 Å². The summed E-state index contributed by atoms with van der Waals surface area (Å²) in [6, 6.07) is 0. The van der Waals surface area contributed by atoms with Crippen LogP contribution in [0.2, 0.25) is 0 Å². The molecule has 0 aromatic heterocycles. The highest BCUT2D eigenvalue weighted by Crippen LogP contribution is 2.33. The fraction of sp³-hybridized carbons (Fsp3) is 1.00. The van der Waals surface area contributed by atoms with Crippen molar-refractivity contribution in [3.05, 3.63) is 0 Å². The molecule has 0 aromatic carbocycles. The quantitative estimate of drug-likeness (QED) is 0.636. The third-order valence-corrected chi connectivity index (χ3v) is 3.36. The minimum atomic E-state index is 0.658. The van der Waals surface area contributed by atoms with E-state index in [0.717, 1.165) is 0 Å². The molecule has 13 heavy (non-hydrogen) atoms. The van der Waals surface area contributed by atoms with Gasteiger partial charge in [0.05, 0.1) is 0 Å². The van der Waals surface area contributed by atoms with E-state index >= 15 is 0 Å². The van der Waals surface area contributed by atoms with E-state index in [0.29, 0.717) is 5.41 Å². The lowest BCUT2D eigenvalue weighted by Gasteiger charge is -2.38. The molecule has 1 heterocycles. The highest BCUT2D eigenvalue weighted by Gasteiger charge is 2.27. The van der Waals surface area contributed by atoms with Crippen LogP contribution in [0.3, 0.4) is 0 Å². The summed E-state index contributed by atoms with van der Waals surface area (Å²) in [5, 5.41) is 0.